The summed E-state index contributed by atoms with van der Waals surface area (Å²) in [6.07, 6.45) is 1.19. The monoisotopic (exact) mass is 439 g/mol. The van der Waals surface area contributed by atoms with Gasteiger partial charge in [-0.1, -0.05) is 12.1 Å². The minimum absolute atomic E-state index is 0. The number of methoxy groups -OCH3 is 1. The molecule has 3 aromatic rings. The lowest BCUT2D eigenvalue weighted by Gasteiger charge is -2.31. The molecule has 1 aliphatic rings. The molecule has 8 heteroatoms. The quantitative estimate of drug-likeness (QED) is 0.624. The smallest absolute Gasteiger partial charge is 0.159 e. The van der Waals surface area contributed by atoms with Crippen LogP contribution in [0.25, 0.3) is 10.8 Å². The number of nitriles is 1. The average Bonchev–Trinajstić information content (AvgIpc) is 2.77. The molecule has 1 aromatic heterocycles. The Morgan fingerprint density at radius 3 is 2.61 bits per heavy atom. The summed E-state index contributed by atoms with van der Waals surface area (Å²) in [4.78, 5) is 2.16. The number of nitrogens with one attached hydrogen (secondary N) is 1. The van der Waals surface area contributed by atoms with Crippen LogP contribution < -0.4 is 15.0 Å². The van der Waals surface area contributed by atoms with E-state index in [1.54, 1.807) is 7.11 Å². The predicted octanol–water partition coefficient (Wildman–Crippen LogP) is 3.81. The highest BCUT2D eigenvalue weighted by molar-refractivity contribution is 5.99. The molecule has 0 radical (unpaired) electrons. The Hall–Kier alpha value is -3.08. The van der Waals surface area contributed by atoms with Gasteiger partial charge in [0.1, 0.15) is 5.75 Å². The Labute approximate surface area is 188 Å². The number of aliphatic hydroxyl groups is 1. The number of fused-ring (bicyclic) bond motifs is 1. The number of hydrogen-bond donors (Lipinski definition) is 2. The van der Waals surface area contributed by atoms with E-state index in [9.17, 15) is 10.4 Å². The van der Waals surface area contributed by atoms with Gasteiger partial charge in [0, 0.05) is 30.4 Å². The fourth-order valence-electron chi connectivity index (χ4n) is 3.89. The van der Waals surface area contributed by atoms with Crippen LogP contribution in [0.2, 0.25) is 0 Å². The maximum Gasteiger partial charge on any atom is 0.159 e. The SMILES string of the molecule is COc1ccc(CNc2nnc(N3CCC(O)CC3)c3ccc(C#N)cc23)cc1C.Cl. The van der Waals surface area contributed by atoms with Crippen molar-refractivity contribution >= 4 is 34.8 Å². The van der Waals surface area contributed by atoms with E-state index in [0.717, 1.165) is 59.4 Å². The Morgan fingerprint density at radius 2 is 1.94 bits per heavy atom. The zero-order chi connectivity index (χ0) is 21.1. The first kappa shape index (κ1) is 22.6. The zero-order valence-corrected chi connectivity index (χ0v) is 18.4. The lowest BCUT2D eigenvalue weighted by molar-refractivity contribution is 0.145. The van der Waals surface area contributed by atoms with Crippen LogP contribution in [0.4, 0.5) is 11.6 Å². The number of anilines is 2. The molecular formula is C23H26ClN5O2. The highest BCUT2D eigenvalue weighted by atomic mass is 35.5. The first-order valence-electron chi connectivity index (χ1n) is 10.1. The molecule has 2 heterocycles. The van der Waals surface area contributed by atoms with Gasteiger partial charge in [0.15, 0.2) is 11.6 Å². The maximum absolute atomic E-state index is 9.81. The Bertz CT molecular complexity index is 1110. The second-order valence-corrected chi connectivity index (χ2v) is 7.62. The molecule has 4 rings (SSSR count). The summed E-state index contributed by atoms with van der Waals surface area (Å²) >= 11 is 0. The van der Waals surface area contributed by atoms with Gasteiger partial charge in [-0.25, -0.2) is 0 Å². The van der Waals surface area contributed by atoms with Gasteiger partial charge in [-0.05, 0) is 55.2 Å². The van der Waals surface area contributed by atoms with Gasteiger partial charge >= 0.3 is 0 Å². The molecule has 1 aliphatic heterocycles. The van der Waals surface area contributed by atoms with Crippen molar-refractivity contribution in [3.63, 3.8) is 0 Å². The summed E-state index contributed by atoms with van der Waals surface area (Å²) < 4.78 is 5.33. The van der Waals surface area contributed by atoms with Crippen LogP contribution in [-0.2, 0) is 6.54 Å². The number of rotatable bonds is 5. The fourth-order valence-corrected chi connectivity index (χ4v) is 3.89. The first-order chi connectivity index (χ1) is 14.6. The lowest BCUT2D eigenvalue weighted by Crippen LogP contribution is -2.36. The Balaban J connectivity index is 0.00000272. The molecule has 2 aromatic carbocycles. The van der Waals surface area contributed by atoms with Gasteiger partial charge in [0.2, 0.25) is 0 Å². The van der Waals surface area contributed by atoms with Gasteiger partial charge in [0.05, 0.1) is 24.8 Å². The molecule has 7 nitrogen and oxygen atoms in total. The molecule has 0 amide bonds. The largest absolute Gasteiger partial charge is 0.496 e. The van der Waals surface area contributed by atoms with Crippen LogP contribution >= 0.6 is 12.4 Å². The van der Waals surface area contributed by atoms with Crippen molar-refractivity contribution in [1.82, 2.24) is 10.2 Å². The van der Waals surface area contributed by atoms with Crippen molar-refractivity contribution in [3.05, 3.63) is 53.1 Å². The molecule has 162 valence electrons. The highest BCUT2D eigenvalue weighted by Gasteiger charge is 2.21. The summed E-state index contributed by atoms with van der Waals surface area (Å²) in [5, 5.41) is 33.3. The van der Waals surface area contributed by atoms with E-state index in [4.69, 9.17) is 4.74 Å². The number of hydrogen-bond acceptors (Lipinski definition) is 7. The minimum Gasteiger partial charge on any atom is -0.496 e. The Morgan fingerprint density at radius 1 is 1.16 bits per heavy atom. The number of ether oxygens (including phenoxy) is 1. The number of aryl methyl sites for hydroxylation is 1. The van der Waals surface area contributed by atoms with E-state index >= 15 is 0 Å². The fraction of sp³-hybridized carbons (Fsp3) is 0.348. The number of nitrogens with zero attached hydrogens (tertiary/aromatic N) is 4. The molecule has 0 bridgehead atoms. The molecule has 0 atom stereocenters. The predicted molar refractivity (Wildman–Crippen MR) is 124 cm³/mol. The molecule has 2 N–H and O–H groups in total. The maximum atomic E-state index is 9.81. The second-order valence-electron chi connectivity index (χ2n) is 7.62. The van der Waals surface area contributed by atoms with Crippen molar-refractivity contribution in [1.29, 1.82) is 5.26 Å². The molecular weight excluding hydrogens is 414 g/mol. The third-order valence-corrected chi connectivity index (χ3v) is 5.57. The van der Waals surface area contributed by atoms with Gasteiger partial charge in [-0.15, -0.1) is 22.6 Å². The summed E-state index contributed by atoms with van der Waals surface area (Å²) in [6, 6.07) is 13.9. The van der Waals surface area contributed by atoms with E-state index in [1.165, 1.54) is 0 Å². The first-order valence-corrected chi connectivity index (χ1v) is 10.1. The van der Waals surface area contributed by atoms with E-state index in [1.807, 2.05) is 37.3 Å². The van der Waals surface area contributed by atoms with Crippen LogP contribution in [-0.4, -0.2) is 41.6 Å². The molecule has 0 unspecified atom stereocenters. The highest BCUT2D eigenvalue weighted by Crippen LogP contribution is 2.31. The molecule has 1 saturated heterocycles. The topological polar surface area (TPSA) is 94.3 Å². The van der Waals surface area contributed by atoms with Crippen molar-refractivity contribution < 1.29 is 9.84 Å². The lowest BCUT2D eigenvalue weighted by atomic mass is 10.1. The van der Waals surface area contributed by atoms with E-state index in [0.29, 0.717) is 17.9 Å². The van der Waals surface area contributed by atoms with Gasteiger partial charge in [0.25, 0.3) is 0 Å². The summed E-state index contributed by atoms with van der Waals surface area (Å²) in [5.41, 5.74) is 2.76. The van der Waals surface area contributed by atoms with E-state index < -0.39 is 0 Å². The van der Waals surface area contributed by atoms with Gasteiger partial charge < -0.3 is 20.1 Å². The van der Waals surface area contributed by atoms with Crippen molar-refractivity contribution in [2.45, 2.75) is 32.4 Å². The molecule has 0 aliphatic carbocycles. The molecule has 0 saturated carbocycles. The Kier molecular flexibility index (Phi) is 7.16. The number of aliphatic hydroxyl groups excluding tert-OH is 1. The number of aromatic nitrogens is 2. The van der Waals surface area contributed by atoms with Crippen LogP contribution in [0.1, 0.15) is 29.5 Å². The van der Waals surface area contributed by atoms with Crippen LogP contribution in [0.15, 0.2) is 36.4 Å². The van der Waals surface area contributed by atoms with Crippen LogP contribution in [0.3, 0.4) is 0 Å². The number of halogens is 1. The van der Waals surface area contributed by atoms with Crippen molar-refractivity contribution in [3.8, 4) is 11.8 Å². The summed E-state index contributed by atoms with van der Waals surface area (Å²) in [5.74, 6) is 2.31. The third-order valence-electron chi connectivity index (χ3n) is 5.57. The molecule has 1 fully saturated rings. The normalized spacial score (nSPS) is 14.1. The summed E-state index contributed by atoms with van der Waals surface area (Å²) in [7, 11) is 1.67. The molecule has 0 spiro atoms. The zero-order valence-electron chi connectivity index (χ0n) is 17.6. The van der Waals surface area contributed by atoms with Crippen LogP contribution in [0, 0.1) is 18.3 Å². The van der Waals surface area contributed by atoms with E-state index in [-0.39, 0.29) is 18.5 Å². The number of benzene rings is 2. The molecule has 31 heavy (non-hydrogen) atoms. The average molecular weight is 440 g/mol. The summed E-state index contributed by atoms with van der Waals surface area (Å²) in [6.45, 7) is 4.08. The van der Waals surface area contributed by atoms with Crippen molar-refractivity contribution in [2.75, 3.05) is 30.4 Å². The minimum atomic E-state index is -0.250. The van der Waals surface area contributed by atoms with Gasteiger partial charge in [-0.2, -0.15) is 5.26 Å². The van der Waals surface area contributed by atoms with Crippen molar-refractivity contribution in [2.24, 2.45) is 0 Å². The standard InChI is InChI=1S/C23H25N5O2.ClH/c1-15-11-17(4-6-21(15)30-2)14-25-22-20-12-16(13-24)3-5-19(20)23(27-26-22)28-9-7-18(29)8-10-28;/h3-6,11-12,18,29H,7-10,14H2,1-2H3,(H,25,26);1H. The number of piperidine rings is 1. The van der Waals surface area contributed by atoms with Crippen LogP contribution in [0.5, 0.6) is 5.75 Å². The third kappa shape index (κ3) is 4.82. The van der Waals surface area contributed by atoms with E-state index in [2.05, 4.69) is 32.5 Å². The van der Waals surface area contributed by atoms with Gasteiger partial charge in [-0.3, -0.25) is 0 Å². The second kappa shape index (κ2) is 9.82.